The van der Waals surface area contributed by atoms with Crippen molar-refractivity contribution in [1.82, 2.24) is 9.97 Å². The van der Waals surface area contributed by atoms with Gasteiger partial charge in [0.2, 0.25) is 0 Å². The lowest BCUT2D eigenvalue weighted by Gasteiger charge is -2.08. The summed E-state index contributed by atoms with van der Waals surface area (Å²) < 4.78 is 5.34. The summed E-state index contributed by atoms with van der Waals surface area (Å²) in [5.41, 5.74) is 5.73. The van der Waals surface area contributed by atoms with Gasteiger partial charge in [-0.2, -0.15) is 0 Å². The first kappa shape index (κ1) is 23.6. The number of hydrogen-bond donors (Lipinski definition) is 0. The minimum atomic E-state index is -0.122. The Kier molecular flexibility index (Phi) is 8.97. The van der Waals surface area contributed by atoms with Crippen LogP contribution in [0.5, 0.6) is 0 Å². The predicted molar refractivity (Wildman–Crippen MR) is 130 cm³/mol. The molecule has 0 N–H and O–H groups in total. The van der Waals surface area contributed by atoms with Crippen molar-refractivity contribution >= 4 is 5.97 Å². The van der Waals surface area contributed by atoms with Crippen LogP contribution in [-0.4, -0.2) is 22.5 Å². The normalized spacial score (nSPS) is 11.8. The third-order valence-corrected chi connectivity index (χ3v) is 5.87. The molecule has 0 amide bonds. The number of ether oxygens (including phenoxy) is 1. The molecule has 3 aromatic rings. The Balaban J connectivity index is 1.51. The molecule has 4 nitrogen and oxygen atoms in total. The van der Waals surface area contributed by atoms with Crippen LogP contribution >= 0.6 is 0 Å². The van der Waals surface area contributed by atoms with E-state index in [0.717, 1.165) is 36.8 Å². The van der Waals surface area contributed by atoms with E-state index in [9.17, 15) is 4.79 Å². The number of rotatable bonds is 11. The van der Waals surface area contributed by atoms with Crippen LogP contribution in [0.15, 0.2) is 60.9 Å². The van der Waals surface area contributed by atoms with E-state index in [-0.39, 0.29) is 5.97 Å². The fourth-order valence-electron chi connectivity index (χ4n) is 3.52. The summed E-state index contributed by atoms with van der Waals surface area (Å²) in [6.45, 7) is 6.87. The SMILES string of the molecule is CCCc1ccc(-c2ccc(-c3ncc(CCOC(=O)CCC(C)CC)cn3)cc2)cc1. The summed E-state index contributed by atoms with van der Waals surface area (Å²) in [6, 6.07) is 17.1. The minimum absolute atomic E-state index is 0.122. The Morgan fingerprint density at radius 1 is 0.844 bits per heavy atom. The lowest BCUT2D eigenvalue weighted by molar-refractivity contribution is -0.143. The summed E-state index contributed by atoms with van der Waals surface area (Å²) in [5, 5.41) is 0. The molecular formula is C28H34N2O2. The van der Waals surface area contributed by atoms with Crippen molar-refractivity contribution in [2.75, 3.05) is 6.61 Å². The molecule has 0 bridgehead atoms. The monoisotopic (exact) mass is 430 g/mol. The van der Waals surface area contributed by atoms with Gasteiger partial charge in [-0.3, -0.25) is 4.79 Å². The zero-order valence-electron chi connectivity index (χ0n) is 19.5. The van der Waals surface area contributed by atoms with Crippen molar-refractivity contribution in [3.8, 4) is 22.5 Å². The van der Waals surface area contributed by atoms with Crippen LogP contribution in [0.3, 0.4) is 0 Å². The Hall–Kier alpha value is -3.01. The molecule has 0 aliphatic rings. The van der Waals surface area contributed by atoms with Crippen LogP contribution in [0.4, 0.5) is 0 Å². The smallest absolute Gasteiger partial charge is 0.305 e. The van der Waals surface area contributed by atoms with E-state index in [1.165, 1.54) is 16.7 Å². The van der Waals surface area contributed by atoms with Gasteiger partial charge in [-0.25, -0.2) is 9.97 Å². The Morgan fingerprint density at radius 2 is 1.44 bits per heavy atom. The van der Waals surface area contributed by atoms with E-state index in [4.69, 9.17) is 4.74 Å². The molecule has 4 heteroatoms. The summed E-state index contributed by atoms with van der Waals surface area (Å²) in [7, 11) is 0. The standard InChI is InChI=1S/C28H34N2O2/c1-4-6-22-8-10-24(11-9-22)25-12-14-26(15-13-25)28-29-19-23(20-30-28)17-18-32-27(31)16-7-21(3)5-2/h8-15,19-21H,4-7,16-18H2,1-3H3. The molecule has 1 aromatic heterocycles. The molecule has 0 spiro atoms. The fourth-order valence-corrected chi connectivity index (χ4v) is 3.52. The molecule has 32 heavy (non-hydrogen) atoms. The van der Waals surface area contributed by atoms with Crippen molar-refractivity contribution in [2.45, 2.75) is 59.3 Å². The molecule has 0 saturated carbocycles. The van der Waals surface area contributed by atoms with Gasteiger partial charge in [-0.15, -0.1) is 0 Å². The average molecular weight is 431 g/mol. The van der Waals surface area contributed by atoms with Crippen molar-refractivity contribution in [2.24, 2.45) is 5.92 Å². The van der Waals surface area contributed by atoms with Gasteiger partial charge in [0.05, 0.1) is 6.61 Å². The van der Waals surface area contributed by atoms with E-state index in [2.05, 4.69) is 79.3 Å². The van der Waals surface area contributed by atoms with Crippen LogP contribution in [0.1, 0.15) is 57.6 Å². The summed E-state index contributed by atoms with van der Waals surface area (Å²) in [6.07, 6.45) is 9.00. The predicted octanol–water partition coefficient (Wildman–Crippen LogP) is 6.68. The molecule has 0 saturated heterocycles. The van der Waals surface area contributed by atoms with Crippen LogP contribution in [0.2, 0.25) is 0 Å². The highest BCUT2D eigenvalue weighted by Crippen LogP contribution is 2.24. The summed E-state index contributed by atoms with van der Waals surface area (Å²) >= 11 is 0. The first-order valence-corrected chi connectivity index (χ1v) is 11.7. The number of carbonyl (C=O) groups is 1. The van der Waals surface area contributed by atoms with E-state index >= 15 is 0 Å². The van der Waals surface area contributed by atoms with Gasteiger partial charge in [-0.1, -0.05) is 82.1 Å². The molecule has 1 heterocycles. The van der Waals surface area contributed by atoms with Gasteiger partial charge in [0.15, 0.2) is 5.82 Å². The molecular weight excluding hydrogens is 396 g/mol. The van der Waals surface area contributed by atoms with E-state index in [1.807, 2.05) is 12.4 Å². The van der Waals surface area contributed by atoms with Crippen molar-refractivity contribution in [1.29, 1.82) is 0 Å². The summed E-state index contributed by atoms with van der Waals surface area (Å²) in [5.74, 6) is 1.14. The van der Waals surface area contributed by atoms with Crippen molar-refractivity contribution in [3.63, 3.8) is 0 Å². The number of carbonyl (C=O) groups excluding carboxylic acids is 1. The Bertz CT molecular complexity index is 964. The second kappa shape index (κ2) is 12.1. The molecule has 0 radical (unpaired) electrons. The quantitative estimate of drug-likeness (QED) is 0.319. The first-order valence-electron chi connectivity index (χ1n) is 11.7. The zero-order valence-corrected chi connectivity index (χ0v) is 19.5. The number of hydrogen-bond acceptors (Lipinski definition) is 4. The zero-order chi connectivity index (χ0) is 22.8. The van der Waals surface area contributed by atoms with Gasteiger partial charge in [-0.05, 0) is 41.0 Å². The van der Waals surface area contributed by atoms with Gasteiger partial charge in [0.25, 0.3) is 0 Å². The lowest BCUT2D eigenvalue weighted by Crippen LogP contribution is -2.09. The maximum absolute atomic E-state index is 11.8. The second-order valence-corrected chi connectivity index (χ2v) is 8.46. The molecule has 0 aliphatic heterocycles. The van der Waals surface area contributed by atoms with Gasteiger partial charge < -0.3 is 4.74 Å². The molecule has 0 fully saturated rings. The van der Waals surface area contributed by atoms with E-state index in [1.54, 1.807) is 0 Å². The maximum Gasteiger partial charge on any atom is 0.305 e. The third kappa shape index (κ3) is 7.01. The number of esters is 1. The largest absolute Gasteiger partial charge is 0.465 e. The third-order valence-electron chi connectivity index (χ3n) is 5.87. The average Bonchev–Trinajstić information content (AvgIpc) is 2.84. The molecule has 3 rings (SSSR count). The minimum Gasteiger partial charge on any atom is -0.465 e. The first-order chi connectivity index (χ1) is 15.6. The second-order valence-electron chi connectivity index (χ2n) is 8.46. The van der Waals surface area contributed by atoms with Crippen LogP contribution in [-0.2, 0) is 22.4 Å². The molecule has 1 unspecified atom stereocenters. The number of aryl methyl sites for hydroxylation is 1. The molecule has 2 aromatic carbocycles. The lowest BCUT2D eigenvalue weighted by atomic mass is 10.0. The van der Waals surface area contributed by atoms with Crippen LogP contribution in [0, 0.1) is 5.92 Å². The number of benzene rings is 2. The topological polar surface area (TPSA) is 52.1 Å². The van der Waals surface area contributed by atoms with Crippen LogP contribution < -0.4 is 0 Å². The summed E-state index contributed by atoms with van der Waals surface area (Å²) in [4.78, 5) is 20.8. The Morgan fingerprint density at radius 3 is 2.03 bits per heavy atom. The Labute approximate surface area is 192 Å². The van der Waals surface area contributed by atoms with Gasteiger partial charge in [0, 0.05) is 30.8 Å². The highest BCUT2D eigenvalue weighted by Gasteiger charge is 2.07. The van der Waals surface area contributed by atoms with Crippen LogP contribution in [0.25, 0.3) is 22.5 Å². The number of aromatic nitrogens is 2. The van der Waals surface area contributed by atoms with E-state index < -0.39 is 0 Å². The number of nitrogens with zero attached hydrogens (tertiary/aromatic N) is 2. The highest BCUT2D eigenvalue weighted by atomic mass is 16.5. The van der Waals surface area contributed by atoms with E-state index in [0.29, 0.717) is 31.2 Å². The van der Waals surface area contributed by atoms with Gasteiger partial charge in [0.1, 0.15) is 0 Å². The molecule has 0 aliphatic carbocycles. The fraction of sp³-hybridized carbons (Fsp3) is 0.393. The highest BCUT2D eigenvalue weighted by molar-refractivity contribution is 5.69. The van der Waals surface area contributed by atoms with Crippen molar-refractivity contribution in [3.05, 3.63) is 72.1 Å². The molecule has 168 valence electrons. The van der Waals surface area contributed by atoms with Crippen molar-refractivity contribution < 1.29 is 9.53 Å². The maximum atomic E-state index is 11.8. The van der Waals surface area contributed by atoms with Gasteiger partial charge >= 0.3 is 5.97 Å². The molecule has 1 atom stereocenters.